The van der Waals surface area contributed by atoms with Crippen molar-refractivity contribution in [3.63, 3.8) is 0 Å². The van der Waals surface area contributed by atoms with E-state index < -0.39 is 0 Å². The van der Waals surface area contributed by atoms with Gasteiger partial charge in [-0.05, 0) is 47.5 Å². The van der Waals surface area contributed by atoms with Gasteiger partial charge in [0.25, 0.3) is 5.91 Å². The molecule has 0 radical (unpaired) electrons. The minimum atomic E-state index is -0.184. The molecule has 2 aromatic rings. The minimum Gasteiger partial charge on any atom is -0.465 e. The molecule has 0 aliphatic rings. The Hall–Kier alpha value is -1.82. The third-order valence-corrected chi connectivity index (χ3v) is 3.29. The topological polar surface area (TPSA) is 67.2 Å². The van der Waals surface area contributed by atoms with E-state index in [-0.39, 0.29) is 5.91 Å². The number of hydrogen-bond acceptors (Lipinski definition) is 4. The maximum Gasteiger partial charge on any atom is 0.255 e. The van der Waals surface area contributed by atoms with E-state index in [9.17, 15) is 4.79 Å². The molecule has 0 aliphatic heterocycles. The first-order valence-corrected chi connectivity index (χ1v) is 7.62. The molecule has 5 nitrogen and oxygen atoms in total. The fourth-order valence-electron chi connectivity index (χ4n) is 1.84. The van der Waals surface area contributed by atoms with Gasteiger partial charge in [-0.1, -0.05) is 6.92 Å². The Labute approximate surface area is 132 Å². The van der Waals surface area contributed by atoms with Crippen molar-refractivity contribution in [1.82, 2.24) is 10.3 Å². The Kier molecular flexibility index (Phi) is 5.38. The number of carbonyl (C=O) groups excluding carboxylic acids is 1. The lowest BCUT2D eigenvalue weighted by atomic mass is 10.2. The molecule has 1 amide bonds. The summed E-state index contributed by atoms with van der Waals surface area (Å²) >= 11 is 3.34. The first-order chi connectivity index (χ1) is 10.1. The number of amides is 1. The Morgan fingerprint density at radius 3 is 2.90 bits per heavy atom. The monoisotopic (exact) mass is 351 g/mol. The highest BCUT2D eigenvalue weighted by Crippen LogP contribution is 2.18. The van der Waals surface area contributed by atoms with Crippen LogP contribution in [0.1, 0.15) is 35.2 Å². The van der Waals surface area contributed by atoms with Crippen molar-refractivity contribution in [2.24, 2.45) is 0 Å². The Morgan fingerprint density at radius 2 is 2.24 bits per heavy atom. The van der Waals surface area contributed by atoms with Gasteiger partial charge >= 0.3 is 0 Å². The van der Waals surface area contributed by atoms with Crippen LogP contribution in [0, 0.1) is 6.92 Å². The summed E-state index contributed by atoms with van der Waals surface area (Å²) in [5.74, 6) is 1.96. The fraction of sp³-hybridized carbons (Fsp3) is 0.333. The van der Waals surface area contributed by atoms with E-state index in [1.54, 1.807) is 12.3 Å². The molecule has 2 aromatic heterocycles. The maximum absolute atomic E-state index is 12.3. The van der Waals surface area contributed by atoms with Crippen molar-refractivity contribution in [3.05, 3.63) is 46.0 Å². The predicted molar refractivity (Wildman–Crippen MR) is 85.3 cm³/mol. The van der Waals surface area contributed by atoms with Crippen LogP contribution in [-0.2, 0) is 6.54 Å². The van der Waals surface area contributed by atoms with Gasteiger partial charge in [-0.15, -0.1) is 0 Å². The Balaban J connectivity index is 2.08. The molecule has 0 aromatic carbocycles. The fourth-order valence-corrected chi connectivity index (χ4v) is 2.17. The van der Waals surface area contributed by atoms with Gasteiger partial charge in [0.1, 0.15) is 17.3 Å². The number of halogens is 1. The van der Waals surface area contributed by atoms with E-state index in [4.69, 9.17) is 4.42 Å². The van der Waals surface area contributed by atoms with Crippen molar-refractivity contribution < 1.29 is 9.21 Å². The summed E-state index contributed by atoms with van der Waals surface area (Å²) < 4.78 is 6.20. The number of rotatable bonds is 6. The van der Waals surface area contributed by atoms with Gasteiger partial charge in [-0.25, -0.2) is 4.98 Å². The second-order valence-electron chi connectivity index (χ2n) is 4.67. The van der Waals surface area contributed by atoms with Crippen LogP contribution in [0.15, 0.2) is 33.3 Å². The van der Waals surface area contributed by atoms with Crippen LogP contribution in [0.3, 0.4) is 0 Å². The number of nitrogens with one attached hydrogen (secondary N) is 2. The number of furan rings is 1. The molecule has 2 rings (SSSR count). The lowest BCUT2D eigenvalue weighted by Crippen LogP contribution is -2.24. The average molecular weight is 352 g/mol. The van der Waals surface area contributed by atoms with Crippen molar-refractivity contribution >= 4 is 27.7 Å². The molecule has 0 saturated heterocycles. The number of hydrogen-bond donors (Lipinski definition) is 2. The molecule has 112 valence electrons. The summed E-state index contributed by atoms with van der Waals surface area (Å²) in [7, 11) is 0. The molecule has 0 atom stereocenters. The maximum atomic E-state index is 12.3. The Morgan fingerprint density at radius 1 is 1.43 bits per heavy atom. The number of aryl methyl sites for hydroxylation is 1. The SMILES string of the molecule is CCCNc1ncc(Br)cc1C(=O)NCc1ccc(C)o1. The first-order valence-electron chi connectivity index (χ1n) is 6.83. The summed E-state index contributed by atoms with van der Waals surface area (Å²) in [5.41, 5.74) is 0.515. The third-order valence-electron chi connectivity index (χ3n) is 2.86. The van der Waals surface area contributed by atoms with Crippen molar-refractivity contribution in [1.29, 1.82) is 0 Å². The van der Waals surface area contributed by atoms with Crippen LogP contribution in [0.2, 0.25) is 0 Å². The summed E-state index contributed by atoms with van der Waals surface area (Å²) in [6, 6.07) is 5.48. The minimum absolute atomic E-state index is 0.184. The standard InChI is InChI=1S/C15H18BrN3O2/c1-3-6-17-14-13(7-11(16)8-18-14)15(20)19-9-12-5-4-10(2)21-12/h4-5,7-8H,3,6,9H2,1-2H3,(H,17,18)(H,19,20). The zero-order valence-electron chi connectivity index (χ0n) is 12.1. The molecule has 0 spiro atoms. The number of aromatic nitrogens is 1. The molecule has 0 unspecified atom stereocenters. The summed E-state index contributed by atoms with van der Waals surface area (Å²) in [6.07, 6.45) is 2.63. The van der Waals surface area contributed by atoms with Crippen LogP contribution in [0.4, 0.5) is 5.82 Å². The van der Waals surface area contributed by atoms with Crippen molar-refractivity contribution in [3.8, 4) is 0 Å². The summed E-state index contributed by atoms with van der Waals surface area (Å²) in [6.45, 7) is 5.06. The van der Waals surface area contributed by atoms with Crippen molar-refractivity contribution in [2.45, 2.75) is 26.8 Å². The Bertz CT molecular complexity index is 625. The van der Waals surface area contributed by atoms with E-state index in [0.29, 0.717) is 17.9 Å². The predicted octanol–water partition coefficient (Wildman–Crippen LogP) is 3.50. The second-order valence-corrected chi connectivity index (χ2v) is 5.59. The molecule has 2 N–H and O–H groups in total. The number of carbonyl (C=O) groups is 1. The smallest absolute Gasteiger partial charge is 0.255 e. The zero-order valence-corrected chi connectivity index (χ0v) is 13.7. The van der Waals surface area contributed by atoms with E-state index in [2.05, 4.69) is 38.5 Å². The highest BCUT2D eigenvalue weighted by atomic mass is 79.9. The van der Waals surface area contributed by atoms with Gasteiger partial charge < -0.3 is 15.1 Å². The van der Waals surface area contributed by atoms with E-state index >= 15 is 0 Å². The second kappa shape index (κ2) is 7.26. The van der Waals surface area contributed by atoms with Crippen LogP contribution >= 0.6 is 15.9 Å². The quantitative estimate of drug-likeness (QED) is 0.835. The summed E-state index contributed by atoms with van der Waals surface area (Å²) in [5, 5.41) is 6.00. The molecule has 21 heavy (non-hydrogen) atoms. The largest absolute Gasteiger partial charge is 0.465 e. The van der Waals surface area contributed by atoms with Crippen LogP contribution in [0.25, 0.3) is 0 Å². The zero-order chi connectivity index (χ0) is 15.2. The average Bonchev–Trinajstić information content (AvgIpc) is 2.89. The number of anilines is 1. The van der Waals surface area contributed by atoms with Gasteiger partial charge in [-0.2, -0.15) is 0 Å². The van der Waals surface area contributed by atoms with Gasteiger partial charge in [0, 0.05) is 17.2 Å². The molecule has 0 fully saturated rings. The van der Waals surface area contributed by atoms with E-state index in [0.717, 1.165) is 29.0 Å². The number of nitrogens with zero attached hydrogens (tertiary/aromatic N) is 1. The molecule has 6 heteroatoms. The molecule has 0 bridgehead atoms. The van der Waals surface area contributed by atoms with Gasteiger partial charge in [-0.3, -0.25) is 4.79 Å². The number of pyridine rings is 1. The molecular formula is C15H18BrN3O2. The molecular weight excluding hydrogens is 334 g/mol. The van der Waals surface area contributed by atoms with Crippen LogP contribution in [-0.4, -0.2) is 17.4 Å². The van der Waals surface area contributed by atoms with Crippen LogP contribution < -0.4 is 10.6 Å². The van der Waals surface area contributed by atoms with Gasteiger partial charge in [0.15, 0.2) is 0 Å². The van der Waals surface area contributed by atoms with E-state index in [1.165, 1.54) is 0 Å². The lowest BCUT2D eigenvalue weighted by molar-refractivity contribution is 0.0948. The lowest BCUT2D eigenvalue weighted by Gasteiger charge is -2.10. The highest BCUT2D eigenvalue weighted by molar-refractivity contribution is 9.10. The third kappa shape index (κ3) is 4.32. The molecule has 0 aliphatic carbocycles. The highest BCUT2D eigenvalue weighted by Gasteiger charge is 2.13. The van der Waals surface area contributed by atoms with Gasteiger partial charge in [0.05, 0.1) is 12.1 Å². The van der Waals surface area contributed by atoms with Crippen molar-refractivity contribution in [2.75, 3.05) is 11.9 Å². The molecule has 2 heterocycles. The normalized spacial score (nSPS) is 10.4. The first kappa shape index (κ1) is 15.6. The summed E-state index contributed by atoms with van der Waals surface area (Å²) in [4.78, 5) is 16.6. The molecule has 0 saturated carbocycles. The van der Waals surface area contributed by atoms with Crippen LogP contribution in [0.5, 0.6) is 0 Å². The van der Waals surface area contributed by atoms with E-state index in [1.807, 2.05) is 19.1 Å². The van der Waals surface area contributed by atoms with Gasteiger partial charge in [0.2, 0.25) is 0 Å².